The van der Waals surface area contributed by atoms with E-state index in [1.807, 2.05) is 0 Å². The molecule has 0 amide bonds. The zero-order valence-corrected chi connectivity index (χ0v) is 7.95. The van der Waals surface area contributed by atoms with E-state index >= 15 is 0 Å². The van der Waals surface area contributed by atoms with Crippen molar-refractivity contribution >= 4 is 16.5 Å². The highest BCUT2D eigenvalue weighted by molar-refractivity contribution is 7.89. The molecule has 0 fully saturated rings. The lowest BCUT2D eigenvalue weighted by atomic mass is 10.4. The van der Waals surface area contributed by atoms with Gasteiger partial charge in [-0.1, -0.05) is 18.2 Å². The van der Waals surface area contributed by atoms with Crippen LogP contribution >= 0.6 is 0 Å². The van der Waals surface area contributed by atoms with Gasteiger partial charge in [-0.15, -0.1) is 0 Å². The Morgan fingerprint density at radius 2 is 1.93 bits per heavy atom. The molecule has 14 heavy (non-hydrogen) atoms. The van der Waals surface area contributed by atoms with Gasteiger partial charge in [-0.2, -0.15) is 4.72 Å². The largest absolute Gasteiger partial charge is 0.440 e. The lowest BCUT2D eigenvalue weighted by Crippen LogP contribution is -2.26. The van der Waals surface area contributed by atoms with Gasteiger partial charge in [-0.3, -0.25) is 0 Å². The predicted molar refractivity (Wildman–Crippen MR) is 48.4 cm³/mol. The molecule has 1 N–H and O–H groups in total. The summed E-state index contributed by atoms with van der Waals surface area (Å²) in [6, 6.07) is 7.77. The Hall–Kier alpha value is -1.40. The van der Waals surface area contributed by atoms with Gasteiger partial charge in [0.15, 0.2) is 6.73 Å². The van der Waals surface area contributed by atoms with E-state index in [2.05, 4.69) is 9.46 Å². The number of rotatable bonds is 5. The normalized spacial score (nSPS) is 10.9. The van der Waals surface area contributed by atoms with Crippen molar-refractivity contribution in [3.63, 3.8) is 0 Å². The van der Waals surface area contributed by atoms with Crippen LogP contribution in [0.3, 0.4) is 0 Å². The Bertz CT molecular complexity index is 387. The number of carbonyl (C=O) groups excluding carboxylic acids is 1. The summed E-state index contributed by atoms with van der Waals surface area (Å²) in [4.78, 5) is 9.77. The van der Waals surface area contributed by atoms with Gasteiger partial charge >= 0.3 is 6.47 Å². The number of benzene rings is 1. The first-order valence-corrected chi connectivity index (χ1v) is 5.19. The minimum Gasteiger partial charge on any atom is -0.440 e. The second-order valence-electron chi connectivity index (χ2n) is 2.33. The molecule has 0 aliphatic carbocycles. The maximum Gasteiger partial charge on any atom is 0.418 e. The Balaban J connectivity index is 2.72. The number of sulfonamides is 1. The summed E-state index contributed by atoms with van der Waals surface area (Å²) in [6.45, 7) is 0.699. The first-order chi connectivity index (χ1) is 6.67. The molecule has 0 aliphatic heterocycles. The maximum absolute atomic E-state index is 11.4. The van der Waals surface area contributed by atoms with Crippen LogP contribution in [0.15, 0.2) is 35.2 Å². The Labute approximate surface area is 81.7 Å². The first-order valence-electron chi connectivity index (χ1n) is 3.70. The summed E-state index contributed by atoms with van der Waals surface area (Å²) in [5.41, 5.74) is 0. The molecule has 0 saturated carbocycles. The first kappa shape index (κ1) is 10.7. The van der Waals surface area contributed by atoms with Gasteiger partial charge in [-0.05, 0) is 12.1 Å². The molecule has 1 aromatic rings. The minimum absolute atomic E-state index is 0.120. The number of ether oxygens (including phenoxy) is 1. The molecular weight excluding hydrogens is 206 g/mol. The van der Waals surface area contributed by atoms with Crippen molar-refractivity contribution in [2.45, 2.75) is 4.90 Å². The molecule has 0 spiro atoms. The lowest BCUT2D eigenvalue weighted by molar-refractivity contribution is 0.273. The van der Waals surface area contributed by atoms with Crippen LogP contribution in [0.4, 0.5) is 0 Å². The third-order valence-electron chi connectivity index (χ3n) is 1.43. The molecule has 1 rings (SSSR count). The molecule has 1 radical (unpaired) electrons. The van der Waals surface area contributed by atoms with E-state index in [-0.39, 0.29) is 4.90 Å². The fourth-order valence-corrected chi connectivity index (χ4v) is 1.72. The highest BCUT2D eigenvalue weighted by Gasteiger charge is 2.11. The molecule has 0 aliphatic rings. The van der Waals surface area contributed by atoms with Gasteiger partial charge in [0.1, 0.15) is 0 Å². The second kappa shape index (κ2) is 4.73. The van der Waals surface area contributed by atoms with Crippen molar-refractivity contribution in [3.05, 3.63) is 30.3 Å². The van der Waals surface area contributed by atoms with E-state index in [1.165, 1.54) is 12.1 Å². The van der Waals surface area contributed by atoms with Crippen LogP contribution in [-0.4, -0.2) is 21.6 Å². The molecule has 0 bridgehead atoms. The van der Waals surface area contributed by atoms with Gasteiger partial charge in [0.05, 0.1) is 4.90 Å². The summed E-state index contributed by atoms with van der Waals surface area (Å²) in [7, 11) is -3.59. The van der Waals surface area contributed by atoms with E-state index in [4.69, 9.17) is 0 Å². The fourth-order valence-electron chi connectivity index (χ4n) is 0.819. The molecule has 75 valence electrons. The van der Waals surface area contributed by atoms with Crippen molar-refractivity contribution < 1.29 is 17.9 Å². The Morgan fingerprint density at radius 1 is 1.29 bits per heavy atom. The third-order valence-corrected chi connectivity index (χ3v) is 2.82. The summed E-state index contributed by atoms with van der Waals surface area (Å²) >= 11 is 0. The van der Waals surface area contributed by atoms with Crippen LogP contribution in [0, 0.1) is 0 Å². The third kappa shape index (κ3) is 2.82. The quantitative estimate of drug-likeness (QED) is 0.553. The van der Waals surface area contributed by atoms with Gasteiger partial charge in [0.25, 0.3) is 0 Å². The van der Waals surface area contributed by atoms with E-state index in [0.29, 0.717) is 0 Å². The highest BCUT2D eigenvalue weighted by atomic mass is 32.2. The van der Waals surface area contributed by atoms with E-state index in [0.717, 1.165) is 6.47 Å². The number of nitrogens with one attached hydrogen (secondary N) is 1. The number of hydrogen-bond donors (Lipinski definition) is 1. The van der Waals surface area contributed by atoms with Gasteiger partial charge in [-0.25, -0.2) is 13.2 Å². The molecule has 0 aromatic heterocycles. The van der Waals surface area contributed by atoms with Gasteiger partial charge in [0, 0.05) is 0 Å². The summed E-state index contributed by atoms with van der Waals surface area (Å²) in [5, 5.41) is 0. The van der Waals surface area contributed by atoms with Crippen molar-refractivity contribution in [2.75, 3.05) is 6.73 Å². The average Bonchev–Trinajstić information content (AvgIpc) is 2.19. The monoisotopic (exact) mass is 214 g/mol. The molecule has 0 unspecified atom stereocenters. The molecule has 0 heterocycles. The van der Waals surface area contributed by atoms with Crippen LogP contribution in [0.5, 0.6) is 0 Å². The molecule has 0 saturated heterocycles. The zero-order chi connectivity index (χ0) is 10.4. The molecule has 5 nitrogen and oxygen atoms in total. The predicted octanol–water partition coefficient (Wildman–Crippen LogP) is 0.00620. The maximum atomic E-state index is 11.4. The average molecular weight is 214 g/mol. The minimum atomic E-state index is -3.59. The standard InChI is InChI=1S/C8H8NO4S/c10-7-13-6-9-14(11,12)8-4-2-1-3-5-8/h1-5,9H,6H2. The van der Waals surface area contributed by atoms with E-state index in [9.17, 15) is 13.2 Å². The lowest BCUT2D eigenvalue weighted by Gasteiger charge is -2.03. The zero-order valence-electron chi connectivity index (χ0n) is 7.14. The summed E-state index contributed by atoms with van der Waals surface area (Å²) in [5.74, 6) is 0. The summed E-state index contributed by atoms with van der Waals surface area (Å²) in [6.07, 6.45) is 0. The van der Waals surface area contributed by atoms with Crippen molar-refractivity contribution in [1.29, 1.82) is 0 Å². The highest BCUT2D eigenvalue weighted by Crippen LogP contribution is 2.06. The molecule has 0 atom stereocenters. The summed E-state index contributed by atoms with van der Waals surface area (Å²) < 4.78 is 28.9. The van der Waals surface area contributed by atoms with Crippen LogP contribution in [0.2, 0.25) is 0 Å². The molecular formula is C8H8NO4S. The molecule has 6 heteroatoms. The van der Waals surface area contributed by atoms with Gasteiger partial charge < -0.3 is 4.74 Å². The van der Waals surface area contributed by atoms with Crippen LogP contribution in [0.1, 0.15) is 0 Å². The van der Waals surface area contributed by atoms with Crippen LogP contribution in [0.25, 0.3) is 0 Å². The second-order valence-corrected chi connectivity index (χ2v) is 4.10. The smallest absolute Gasteiger partial charge is 0.418 e. The Kier molecular flexibility index (Phi) is 3.61. The molecule has 1 aromatic carbocycles. The van der Waals surface area contributed by atoms with Crippen LogP contribution < -0.4 is 4.72 Å². The van der Waals surface area contributed by atoms with E-state index in [1.54, 1.807) is 18.2 Å². The Morgan fingerprint density at radius 3 is 2.50 bits per heavy atom. The topological polar surface area (TPSA) is 72.5 Å². The number of hydrogen-bond acceptors (Lipinski definition) is 4. The van der Waals surface area contributed by atoms with Crippen molar-refractivity contribution in [1.82, 2.24) is 4.72 Å². The fraction of sp³-hybridized carbons (Fsp3) is 0.125. The van der Waals surface area contributed by atoms with Crippen LogP contribution in [-0.2, 0) is 19.6 Å². The van der Waals surface area contributed by atoms with Crippen molar-refractivity contribution in [2.24, 2.45) is 0 Å². The van der Waals surface area contributed by atoms with Gasteiger partial charge in [0.2, 0.25) is 10.0 Å². The SMILES string of the molecule is O=[C]OCNS(=O)(=O)c1ccccc1. The van der Waals surface area contributed by atoms with E-state index < -0.39 is 16.8 Å². The van der Waals surface area contributed by atoms with Crippen molar-refractivity contribution in [3.8, 4) is 0 Å².